The van der Waals surface area contributed by atoms with E-state index >= 15 is 0 Å². The fraction of sp³-hybridized carbons (Fsp3) is 0.500. The van der Waals surface area contributed by atoms with Gasteiger partial charge in [-0.1, -0.05) is 30.3 Å². The molecule has 0 radical (unpaired) electrons. The lowest BCUT2D eigenvalue weighted by atomic mass is 10.1. The average Bonchev–Trinajstić information content (AvgIpc) is 3.32. The second kappa shape index (κ2) is 8.01. The van der Waals surface area contributed by atoms with Crippen molar-refractivity contribution in [3.05, 3.63) is 52.8 Å². The van der Waals surface area contributed by atoms with Crippen molar-refractivity contribution in [2.45, 2.75) is 25.8 Å². The van der Waals surface area contributed by atoms with E-state index in [2.05, 4.69) is 56.1 Å². The normalized spacial score (nSPS) is 20.1. The molecule has 1 fully saturated rings. The first-order valence-corrected chi connectivity index (χ1v) is 9.61. The minimum absolute atomic E-state index is 0.0473. The number of rotatable bonds is 6. The van der Waals surface area contributed by atoms with Crippen LogP contribution >= 0.6 is 0 Å². The fourth-order valence-electron chi connectivity index (χ4n) is 3.95. The summed E-state index contributed by atoms with van der Waals surface area (Å²) in [6, 6.07) is 10.6. The highest BCUT2D eigenvalue weighted by Gasteiger charge is 2.25. The van der Waals surface area contributed by atoms with Crippen LogP contribution in [0.1, 0.15) is 33.7 Å². The number of hydrogen-bond acceptors (Lipinski definition) is 4. The Morgan fingerprint density at radius 2 is 2.19 bits per heavy atom. The van der Waals surface area contributed by atoms with Gasteiger partial charge in [0.05, 0.1) is 0 Å². The second-order valence-electron chi connectivity index (χ2n) is 7.36. The summed E-state index contributed by atoms with van der Waals surface area (Å²) in [4.78, 5) is 15.0. The van der Waals surface area contributed by atoms with E-state index in [1.807, 2.05) is 0 Å². The predicted octanol–water partition coefficient (Wildman–Crippen LogP) is 1.35. The molecule has 1 aromatic heterocycles. The molecule has 3 heterocycles. The first-order chi connectivity index (χ1) is 12.8. The molecule has 4 rings (SSSR count). The Bertz CT molecular complexity index is 742. The maximum absolute atomic E-state index is 12.5. The number of H-pyrrole nitrogens is 1. The quantitative estimate of drug-likeness (QED) is 0.733. The molecule has 1 saturated heterocycles. The monoisotopic (exact) mass is 353 g/mol. The summed E-state index contributed by atoms with van der Waals surface area (Å²) in [5.74, 6) is 0.483. The number of aromatic amines is 1. The summed E-state index contributed by atoms with van der Waals surface area (Å²) < 4.78 is 0. The van der Waals surface area contributed by atoms with Gasteiger partial charge in [-0.15, -0.1) is 0 Å². The highest BCUT2D eigenvalue weighted by Crippen LogP contribution is 2.18. The zero-order valence-corrected chi connectivity index (χ0v) is 15.1. The summed E-state index contributed by atoms with van der Waals surface area (Å²) >= 11 is 0. The number of hydrogen-bond donors (Lipinski definition) is 3. The number of aromatic nitrogens is 2. The molecule has 1 unspecified atom stereocenters. The van der Waals surface area contributed by atoms with Gasteiger partial charge in [0.25, 0.3) is 5.91 Å². The predicted molar refractivity (Wildman–Crippen MR) is 101 cm³/mol. The number of likely N-dealkylation sites (tertiary alicyclic amines) is 1. The Balaban J connectivity index is 1.23. The number of benzene rings is 1. The SMILES string of the molecule is O=C(NCC1CCN(CCc2ccccc2)C1)c1n[nH]c2c1CNCC2. The molecule has 0 spiro atoms. The van der Waals surface area contributed by atoms with Gasteiger partial charge in [-0.2, -0.15) is 5.10 Å². The molecule has 6 nitrogen and oxygen atoms in total. The number of nitrogens with one attached hydrogen (secondary N) is 3. The molecule has 2 aliphatic rings. The standard InChI is InChI=1S/C20H27N5O/c26-20(19-17-13-21-9-6-18(17)23-24-19)22-12-16-8-11-25(14-16)10-7-15-4-2-1-3-5-15/h1-5,16,21H,6-14H2,(H,22,26)(H,23,24). The molecule has 0 aliphatic carbocycles. The van der Waals surface area contributed by atoms with Crippen LogP contribution in [0.5, 0.6) is 0 Å². The molecule has 138 valence electrons. The molecule has 0 saturated carbocycles. The van der Waals surface area contributed by atoms with Crippen LogP contribution in [0.15, 0.2) is 30.3 Å². The van der Waals surface area contributed by atoms with Gasteiger partial charge in [0.2, 0.25) is 0 Å². The maximum atomic E-state index is 12.5. The summed E-state index contributed by atoms with van der Waals surface area (Å²) in [5, 5.41) is 13.7. The van der Waals surface area contributed by atoms with Crippen LogP contribution < -0.4 is 10.6 Å². The minimum Gasteiger partial charge on any atom is -0.350 e. The molecule has 1 amide bonds. The van der Waals surface area contributed by atoms with Gasteiger partial charge in [-0.3, -0.25) is 9.89 Å². The van der Waals surface area contributed by atoms with E-state index in [4.69, 9.17) is 0 Å². The van der Waals surface area contributed by atoms with E-state index in [1.165, 1.54) is 5.56 Å². The molecule has 0 bridgehead atoms. The van der Waals surface area contributed by atoms with E-state index < -0.39 is 0 Å². The summed E-state index contributed by atoms with van der Waals surface area (Å²) in [5.41, 5.74) is 4.08. The first-order valence-electron chi connectivity index (χ1n) is 9.61. The number of nitrogens with zero attached hydrogens (tertiary/aromatic N) is 2. The first kappa shape index (κ1) is 17.2. The Morgan fingerprint density at radius 3 is 3.08 bits per heavy atom. The summed E-state index contributed by atoms with van der Waals surface area (Å²) in [6.45, 7) is 5.67. The van der Waals surface area contributed by atoms with Gasteiger partial charge in [0.15, 0.2) is 5.69 Å². The third-order valence-electron chi connectivity index (χ3n) is 5.50. The van der Waals surface area contributed by atoms with Crippen molar-refractivity contribution in [3.8, 4) is 0 Å². The van der Waals surface area contributed by atoms with Crippen molar-refractivity contribution >= 4 is 5.91 Å². The van der Waals surface area contributed by atoms with Crippen molar-refractivity contribution in [2.75, 3.05) is 32.7 Å². The van der Waals surface area contributed by atoms with E-state index in [-0.39, 0.29) is 5.91 Å². The molecular weight excluding hydrogens is 326 g/mol. The van der Waals surface area contributed by atoms with Gasteiger partial charge in [-0.25, -0.2) is 0 Å². The molecule has 26 heavy (non-hydrogen) atoms. The van der Waals surface area contributed by atoms with Crippen molar-refractivity contribution in [3.63, 3.8) is 0 Å². The lowest BCUT2D eigenvalue weighted by Gasteiger charge is -2.16. The summed E-state index contributed by atoms with van der Waals surface area (Å²) in [7, 11) is 0. The number of amides is 1. The van der Waals surface area contributed by atoms with Gasteiger partial charge in [-0.05, 0) is 30.9 Å². The molecule has 3 N–H and O–H groups in total. The van der Waals surface area contributed by atoms with Crippen LogP contribution in [-0.2, 0) is 19.4 Å². The van der Waals surface area contributed by atoms with Gasteiger partial charge in [0, 0.05) is 50.4 Å². The Kier molecular flexibility index (Phi) is 5.32. The topological polar surface area (TPSA) is 73.0 Å². The van der Waals surface area contributed by atoms with Crippen LogP contribution in [0.4, 0.5) is 0 Å². The van der Waals surface area contributed by atoms with Crippen molar-refractivity contribution in [1.29, 1.82) is 0 Å². The van der Waals surface area contributed by atoms with Gasteiger partial charge >= 0.3 is 0 Å². The van der Waals surface area contributed by atoms with Crippen molar-refractivity contribution in [2.24, 2.45) is 5.92 Å². The Labute approximate surface area is 154 Å². The van der Waals surface area contributed by atoms with Crippen LogP contribution in [0, 0.1) is 5.92 Å². The van der Waals surface area contributed by atoms with E-state index in [0.29, 0.717) is 11.6 Å². The molecule has 2 aromatic rings. The van der Waals surface area contributed by atoms with E-state index in [9.17, 15) is 4.79 Å². The smallest absolute Gasteiger partial charge is 0.272 e. The molecule has 2 aliphatic heterocycles. The maximum Gasteiger partial charge on any atom is 0.272 e. The van der Waals surface area contributed by atoms with E-state index in [0.717, 1.165) is 69.8 Å². The van der Waals surface area contributed by atoms with Gasteiger partial charge in [0.1, 0.15) is 0 Å². The fourth-order valence-corrected chi connectivity index (χ4v) is 3.95. The van der Waals surface area contributed by atoms with Gasteiger partial charge < -0.3 is 15.5 Å². The lowest BCUT2D eigenvalue weighted by molar-refractivity contribution is 0.0941. The third-order valence-corrected chi connectivity index (χ3v) is 5.50. The number of fused-ring (bicyclic) bond motifs is 1. The van der Waals surface area contributed by atoms with Crippen LogP contribution in [0.3, 0.4) is 0 Å². The number of carbonyl (C=O) groups is 1. The molecule has 1 aromatic carbocycles. The number of carbonyl (C=O) groups excluding carboxylic acids is 1. The van der Waals surface area contributed by atoms with E-state index in [1.54, 1.807) is 0 Å². The zero-order valence-electron chi connectivity index (χ0n) is 15.1. The Hall–Kier alpha value is -2.18. The summed E-state index contributed by atoms with van der Waals surface area (Å²) in [6.07, 6.45) is 3.15. The zero-order chi connectivity index (χ0) is 17.8. The second-order valence-corrected chi connectivity index (χ2v) is 7.36. The van der Waals surface area contributed by atoms with Crippen LogP contribution in [-0.4, -0.2) is 53.7 Å². The lowest BCUT2D eigenvalue weighted by Crippen LogP contribution is -2.33. The van der Waals surface area contributed by atoms with Crippen LogP contribution in [0.2, 0.25) is 0 Å². The highest BCUT2D eigenvalue weighted by molar-refractivity contribution is 5.94. The minimum atomic E-state index is -0.0473. The molecule has 1 atom stereocenters. The molecular formula is C20H27N5O. The van der Waals surface area contributed by atoms with Crippen LogP contribution in [0.25, 0.3) is 0 Å². The largest absolute Gasteiger partial charge is 0.350 e. The van der Waals surface area contributed by atoms with Crippen molar-refractivity contribution < 1.29 is 4.79 Å². The Morgan fingerprint density at radius 1 is 1.31 bits per heavy atom. The highest BCUT2D eigenvalue weighted by atomic mass is 16.1. The molecule has 6 heteroatoms. The third kappa shape index (κ3) is 3.97. The van der Waals surface area contributed by atoms with Crippen molar-refractivity contribution in [1.82, 2.24) is 25.7 Å². The average molecular weight is 353 g/mol.